The van der Waals surface area contributed by atoms with Gasteiger partial charge in [0, 0.05) is 16.2 Å². The van der Waals surface area contributed by atoms with E-state index in [1.807, 2.05) is 24.3 Å². The highest BCUT2D eigenvalue weighted by Gasteiger charge is 2.04. The zero-order chi connectivity index (χ0) is 13.0. The van der Waals surface area contributed by atoms with Gasteiger partial charge in [0.05, 0.1) is 6.61 Å². The Morgan fingerprint density at radius 3 is 2.39 bits per heavy atom. The Morgan fingerprint density at radius 1 is 1.00 bits per heavy atom. The maximum absolute atomic E-state index is 13.4. The smallest absolute Gasteiger partial charge is 0.127 e. The molecule has 2 rings (SSSR count). The van der Waals surface area contributed by atoms with Crippen LogP contribution < -0.4 is 0 Å². The third-order valence-corrected chi connectivity index (χ3v) is 3.57. The van der Waals surface area contributed by atoms with Crippen molar-refractivity contribution in [2.45, 2.75) is 17.3 Å². The fourth-order valence-corrected chi connectivity index (χ4v) is 2.38. The fraction of sp³-hybridized carbons (Fsp3) is 0.143. The lowest BCUT2D eigenvalue weighted by Gasteiger charge is -2.04. The van der Waals surface area contributed by atoms with Gasteiger partial charge in [0.15, 0.2) is 0 Å². The van der Waals surface area contributed by atoms with Crippen LogP contribution in [0, 0.1) is 11.6 Å². The average Bonchev–Trinajstić information content (AvgIpc) is 2.40. The van der Waals surface area contributed by atoms with Crippen molar-refractivity contribution in [2.24, 2.45) is 0 Å². The first-order valence-electron chi connectivity index (χ1n) is 5.45. The van der Waals surface area contributed by atoms with Crippen molar-refractivity contribution in [1.82, 2.24) is 0 Å². The van der Waals surface area contributed by atoms with Gasteiger partial charge in [-0.2, -0.15) is 0 Å². The monoisotopic (exact) mass is 266 g/mol. The van der Waals surface area contributed by atoms with E-state index < -0.39 is 11.6 Å². The topological polar surface area (TPSA) is 20.2 Å². The molecule has 2 aromatic rings. The number of aliphatic hydroxyl groups is 1. The number of aliphatic hydroxyl groups excluding tert-OH is 1. The minimum absolute atomic E-state index is 0.00344. The van der Waals surface area contributed by atoms with Gasteiger partial charge in [-0.25, -0.2) is 8.78 Å². The van der Waals surface area contributed by atoms with Crippen LogP contribution >= 0.6 is 11.8 Å². The Kier molecular flexibility index (Phi) is 4.33. The Hall–Kier alpha value is -1.39. The zero-order valence-electron chi connectivity index (χ0n) is 9.57. The molecule has 0 spiro atoms. The molecule has 0 saturated carbocycles. The van der Waals surface area contributed by atoms with Crippen molar-refractivity contribution >= 4 is 11.8 Å². The molecule has 0 heterocycles. The number of hydrogen-bond acceptors (Lipinski definition) is 2. The number of thioether (sulfide) groups is 1. The highest BCUT2D eigenvalue weighted by Crippen LogP contribution is 2.24. The zero-order valence-corrected chi connectivity index (χ0v) is 10.4. The van der Waals surface area contributed by atoms with E-state index in [2.05, 4.69) is 0 Å². The van der Waals surface area contributed by atoms with E-state index in [9.17, 15) is 8.78 Å². The van der Waals surface area contributed by atoms with Gasteiger partial charge in [0.25, 0.3) is 0 Å². The fourth-order valence-electron chi connectivity index (χ4n) is 1.51. The molecule has 0 aliphatic carbocycles. The van der Waals surface area contributed by atoms with Crippen LogP contribution in [0.2, 0.25) is 0 Å². The van der Waals surface area contributed by atoms with Crippen molar-refractivity contribution in [2.75, 3.05) is 0 Å². The Labute approximate surface area is 108 Å². The predicted octanol–water partition coefficient (Wildman–Crippen LogP) is 3.75. The van der Waals surface area contributed by atoms with Gasteiger partial charge in [-0.05, 0) is 35.9 Å². The van der Waals surface area contributed by atoms with Crippen LogP contribution in [0.25, 0.3) is 0 Å². The first-order chi connectivity index (χ1) is 8.69. The molecule has 18 heavy (non-hydrogen) atoms. The van der Waals surface area contributed by atoms with Crippen LogP contribution in [-0.2, 0) is 12.4 Å². The first kappa shape index (κ1) is 13.1. The van der Waals surface area contributed by atoms with Gasteiger partial charge >= 0.3 is 0 Å². The summed E-state index contributed by atoms with van der Waals surface area (Å²) in [4.78, 5) is 0.955. The van der Waals surface area contributed by atoms with Crippen molar-refractivity contribution < 1.29 is 13.9 Å². The highest BCUT2D eigenvalue weighted by molar-refractivity contribution is 7.98. The van der Waals surface area contributed by atoms with E-state index in [0.717, 1.165) is 22.6 Å². The maximum atomic E-state index is 13.4. The maximum Gasteiger partial charge on any atom is 0.127 e. The van der Waals surface area contributed by atoms with E-state index in [1.165, 1.54) is 17.8 Å². The molecule has 0 saturated heterocycles. The molecule has 0 bridgehead atoms. The summed E-state index contributed by atoms with van der Waals surface area (Å²) < 4.78 is 26.3. The highest BCUT2D eigenvalue weighted by atomic mass is 32.2. The van der Waals surface area contributed by atoms with Gasteiger partial charge in [-0.1, -0.05) is 12.1 Å². The van der Waals surface area contributed by atoms with Gasteiger partial charge < -0.3 is 5.11 Å². The molecule has 0 aliphatic rings. The molecule has 2 aromatic carbocycles. The summed E-state index contributed by atoms with van der Waals surface area (Å²) >= 11 is 1.43. The summed E-state index contributed by atoms with van der Waals surface area (Å²) in [5.74, 6) is -0.444. The minimum atomic E-state index is -0.428. The molecule has 0 aromatic heterocycles. The lowest BCUT2D eigenvalue weighted by Crippen LogP contribution is -1.89. The molecule has 0 atom stereocenters. The lowest BCUT2D eigenvalue weighted by molar-refractivity contribution is 0.282. The second kappa shape index (κ2) is 5.98. The number of halogens is 2. The van der Waals surface area contributed by atoms with E-state index in [4.69, 9.17) is 5.11 Å². The van der Waals surface area contributed by atoms with Gasteiger partial charge in [-0.3, -0.25) is 0 Å². The number of rotatable bonds is 4. The van der Waals surface area contributed by atoms with Gasteiger partial charge in [0.2, 0.25) is 0 Å². The number of benzene rings is 2. The summed E-state index contributed by atoms with van der Waals surface area (Å²) in [6, 6.07) is 10.8. The van der Waals surface area contributed by atoms with E-state index in [-0.39, 0.29) is 6.61 Å². The van der Waals surface area contributed by atoms with Crippen molar-refractivity contribution in [1.29, 1.82) is 0 Å². The summed E-state index contributed by atoms with van der Waals surface area (Å²) in [7, 11) is 0. The first-order valence-corrected chi connectivity index (χ1v) is 6.44. The molecule has 0 radical (unpaired) electrons. The molecule has 4 heteroatoms. The van der Waals surface area contributed by atoms with E-state index in [1.54, 1.807) is 0 Å². The van der Waals surface area contributed by atoms with Crippen LogP contribution in [0.4, 0.5) is 8.78 Å². The largest absolute Gasteiger partial charge is 0.392 e. The third-order valence-electron chi connectivity index (χ3n) is 2.51. The van der Waals surface area contributed by atoms with Crippen LogP contribution in [-0.4, -0.2) is 5.11 Å². The third kappa shape index (κ3) is 3.31. The van der Waals surface area contributed by atoms with Crippen molar-refractivity contribution in [3.05, 3.63) is 65.2 Å². The Bertz CT molecular complexity index is 526. The normalized spacial score (nSPS) is 10.6. The molecular formula is C14H12F2OS. The molecule has 0 amide bonds. The molecule has 0 unspecified atom stereocenters. The molecule has 1 nitrogen and oxygen atoms in total. The summed E-state index contributed by atoms with van der Waals surface area (Å²) in [5.41, 5.74) is 1.18. The summed E-state index contributed by atoms with van der Waals surface area (Å²) in [6.07, 6.45) is 0. The van der Waals surface area contributed by atoms with E-state index >= 15 is 0 Å². The number of hydrogen-bond donors (Lipinski definition) is 1. The summed E-state index contributed by atoms with van der Waals surface area (Å²) in [5, 5.41) is 8.91. The average molecular weight is 266 g/mol. The second-order valence-corrected chi connectivity index (χ2v) is 4.88. The van der Waals surface area contributed by atoms with Crippen LogP contribution in [0.5, 0.6) is 0 Å². The van der Waals surface area contributed by atoms with Crippen molar-refractivity contribution in [3.8, 4) is 0 Å². The van der Waals surface area contributed by atoms with Crippen LogP contribution in [0.3, 0.4) is 0 Å². The van der Waals surface area contributed by atoms with E-state index in [0.29, 0.717) is 11.3 Å². The molecule has 0 aliphatic heterocycles. The molecule has 0 fully saturated rings. The quantitative estimate of drug-likeness (QED) is 0.850. The van der Waals surface area contributed by atoms with Gasteiger partial charge in [-0.15, -0.1) is 11.8 Å². The Morgan fingerprint density at radius 2 is 1.72 bits per heavy atom. The van der Waals surface area contributed by atoms with Crippen LogP contribution in [0.1, 0.15) is 11.1 Å². The summed E-state index contributed by atoms with van der Waals surface area (Å²) in [6.45, 7) is 0.00344. The molecule has 94 valence electrons. The standard InChI is InChI=1S/C14H12F2OS/c15-12-3-6-14(16)11(7-12)9-18-13-4-1-10(8-17)2-5-13/h1-7,17H,8-9H2. The SMILES string of the molecule is OCc1ccc(SCc2cc(F)ccc2F)cc1. The second-order valence-electron chi connectivity index (χ2n) is 3.83. The Balaban J connectivity index is 2.04. The predicted molar refractivity (Wildman–Crippen MR) is 68.3 cm³/mol. The van der Waals surface area contributed by atoms with Gasteiger partial charge in [0.1, 0.15) is 11.6 Å². The molecular weight excluding hydrogens is 254 g/mol. The van der Waals surface area contributed by atoms with Crippen molar-refractivity contribution in [3.63, 3.8) is 0 Å². The molecule has 1 N–H and O–H groups in total. The lowest BCUT2D eigenvalue weighted by atomic mass is 10.2. The minimum Gasteiger partial charge on any atom is -0.392 e. The van der Waals surface area contributed by atoms with Crippen LogP contribution in [0.15, 0.2) is 47.4 Å².